The van der Waals surface area contributed by atoms with Gasteiger partial charge in [0.05, 0.1) is 11.8 Å². The zero-order chi connectivity index (χ0) is 10.7. The molecule has 0 aliphatic carbocycles. The van der Waals surface area contributed by atoms with Crippen LogP contribution in [0.4, 0.5) is 0 Å². The second kappa shape index (κ2) is 4.18. The molecule has 5 nitrogen and oxygen atoms in total. The minimum atomic E-state index is -0.596. The van der Waals surface area contributed by atoms with E-state index < -0.39 is 6.10 Å². The van der Waals surface area contributed by atoms with Crippen molar-refractivity contribution in [3.63, 3.8) is 0 Å². The van der Waals surface area contributed by atoms with Gasteiger partial charge in [0.15, 0.2) is 0 Å². The molecule has 0 aromatic carbocycles. The van der Waals surface area contributed by atoms with Crippen molar-refractivity contribution in [3.8, 4) is 0 Å². The fourth-order valence-corrected chi connectivity index (χ4v) is 1.37. The third-order valence-corrected chi connectivity index (χ3v) is 2.14. The van der Waals surface area contributed by atoms with Crippen LogP contribution in [0.3, 0.4) is 0 Å². The topological polar surface area (TPSA) is 63.8 Å². The second-order valence-corrected chi connectivity index (χ2v) is 3.37. The molecule has 0 radical (unpaired) electrons. The molecule has 1 N–H and O–H groups in total. The Kier molecular flexibility index (Phi) is 2.73. The molecule has 2 aromatic heterocycles. The molecule has 2 heterocycles. The Morgan fingerprint density at radius 3 is 2.73 bits per heavy atom. The molecule has 2 aromatic rings. The highest BCUT2D eigenvalue weighted by Gasteiger charge is 2.10. The minimum absolute atomic E-state index is 0.480. The highest BCUT2D eigenvalue weighted by Crippen LogP contribution is 2.14. The lowest BCUT2D eigenvalue weighted by atomic mass is 10.1. The fourth-order valence-electron chi connectivity index (χ4n) is 1.37. The summed E-state index contributed by atoms with van der Waals surface area (Å²) < 4.78 is 1.71. The predicted octanol–water partition coefficient (Wildman–Crippen LogP) is 0.486. The molecule has 0 amide bonds. The van der Waals surface area contributed by atoms with Crippen molar-refractivity contribution in [2.24, 2.45) is 7.05 Å². The molecule has 0 fully saturated rings. The highest BCUT2D eigenvalue weighted by molar-refractivity contribution is 5.11. The maximum atomic E-state index is 9.85. The van der Waals surface area contributed by atoms with Gasteiger partial charge in [-0.1, -0.05) is 0 Å². The summed E-state index contributed by atoms with van der Waals surface area (Å²) in [5.41, 5.74) is 1.57. The predicted molar refractivity (Wildman–Crippen MR) is 53.9 cm³/mol. The summed E-state index contributed by atoms with van der Waals surface area (Å²) in [7, 11) is 1.85. The third kappa shape index (κ3) is 2.38. The standard InChI is InChI=1S/C10H12N4O/c1-14-3-2-9(13-14)4-10(15)8-5-11-7-12-6-8/h2-3,5-7,10,15H,4H2,1H3. The largest absolute Gasteiger partial charge is 0.388 e. The number of aryl methyl sites for hydroxylation is 1. The van der Waals surface area contributed by atoms with Crippen molar-refractivity contribution in [3.05, 3.63) is 42.2 Å². The van der Waals surface area contributed by atoms with Crippen molar-refractivity contribution >= 4 is 0 Å². The van der Waals surface area contributed by atoms with Gasteiger partial charge in [-0.15, -0.1) is 0 Å². The van der Waals surface area contributed by atoms with Crippen molar-refractivity contribution in [1.82, 2.24) is 19.7 Å². The molecule has 5 heteroatoms. The molecule has 0 saturated carbocycles. The summed E-state index contributed by atoms with van der Waals surface area (Å²) in [4.78, 5) is 7.71. The van der Waals surface area contributed by atoms with Gasteiger partial charge in [-0.05, 0) is 6.07 Å². The number of hydrogen-bond donors (Lipinski definition) is 1. The summed E-state index contributed by atoms with van der Waals surface area (Å²) in [5, 5.41) is 14.0. The van der Waals surface area contributed by atoms with Crippen LogP contribution < -0.4 is 0 Å². The fraction of sp³-hybridized carbons (Fsp3) is 0.300. The van der Waals surface area contributed by atoms with E-state index in [1.54, 1.807) is 17.1 Å². The third-order valence-electron chi connectivity index (χ3n) is 2.14. The average molecular weight is 204 g/mol. The van der Waals surface area contributed by atoms with Crippen LogP contribution in [0, 0.1) is 0 Å². The quantitative estimate of drug-likeness (QED) is 0.790. The van der Waals surface area contributed by atoms with E-state index in [0.29, 0.717) is 12.0 Å². The van der Waals surface area contributed by atoms with Gasteiger partial charge in [0, 0.05) is 37.6 Å². The van der Waals surface area contributed by atoms with Gasteiger partial charge in [-0.25, -0.2) is 9.97 Å². The molecule has 0 spiro atoms. The molecule has 0 bridgehead atoms. The highest BCUT2D eigenvalue weighted by atomic mass is 16.3. The zero-order valence-corrected chi connectivity index (χ0v) is 8.41. The van der Waals surface area contributed by atoms with Gasteiger partial charge >= 0.3 is 0 Å². The van der Waals surface area contributed by atoms with Gasteiger partial charge in [-0.2, -0.15) is 5.10 Å². The summed E-state index contributed by atoms with van der Waals surface area (Å²) in [5.74, 6) is 0. The zero-order valence-electron chi connectivity index (χ0n) is 8.41. The normalized spacial score (nSPS) is 12.7. The summed E-state index contributed by atoms with van der Waals surface area (Å²) in [6, 6.07) is 1.88. The Balaban J connectivity index is 2.07. The lowest BCUT2D eigenvalue weighted by molar-refractivity contribution is 0.176. The summed E-state index contributed by atoms with van der Waals surface area (Å²) in [6.45, 7) is 0. The van der Waals surface area contributed by atoms with Gasteiger partial charge in [0.2, 0.25) is 0 Å². The molecule has 78 valence electrons. The number of nitrogens with zero attached hydrogens (tertiary/aromatic N) is 4. The number of hydrogen-bond acceptors (Lipinski definition) is 4. The Morgan fingerprint density at radius 1 is 1.40 bits per heavy atom. The van der Waals surface area contributed by atoms with E-state index in [1.165, 1.54) is 6.33 Å². The van der Waals surface area contributed by atoms with Crippen molar-refractivity contribution in [2.45, 2.75) is 12.5 Å². The van der Waals surface area contributed by atoms with Crippen LogP contribution in [0.5, 0.6) is 0 Å². The Morgan fingerprint density at radius 2 is 2.13 bits per heavy atom. The summed E-state index contributed by atoms with van der Waals surface area (Å²) >= 11 is 0. The van der Waals surface area contributed by atoms with Gasteiger partial charge in [0.25, 0.3) is 0 Å². The molecule has 1 unspecified atom stereocenters. The SMILES string of the molecule is Cn1ccc(CC(O)c2cncnc2)n1. The maximum Gasteiger partial charge on any atom is 0.115 e. The number of aromatic nitrogens is 4. The van der Waals surface area contributed by atoms with Crippen molar-refractivity contribution < 1.29 is 5.11 Å². The first-order valence-corrected chi connectivity index (χ1v) is 4.67. The number of aliphatic hydroxyl groups is 1. The molecule has 1 atom stereocenters. The molecular weight excluding hydrogens is 192 g/mol. The van der Waals surface area contributed by atoms with Crippen LogP contribution in [0.25, 0.3) is 0 Å². The van der Waals surface area contributed by atoms with E-state index in [0.717, 1.165) is 5.69 Å². The van der Waals surface area contributed by atoms with Crippen LogP contribution in [-0.2, 0) is 13.5 Å². The van der Waals surface area contributed by atoms with Crippen molar-refractivity contribution in [2.75, 3.05) is 0 Å². The minimum Gasteiger partial charge on any atom is -0.388 e. The molecule has 0 aliphatic heterocycles. The number of rotatable bonds is 3. The first-order chi connectivity index (χ1) is 7.25. The van der Waals surface area contributed by atoms with E-state index in [2.05, 4.69) is 15.1 Å². The second-order valence-electron chi connectivity index (χ2n) is 3.37. The van der Waals surface area contributed by atoms with Crippen LogP contribution in [-0.4, -0.2) is 24.9 Å². The van der Waals surface area contributed by atoms with Crippen LogP contribution in [0.15, 0.2) is 31.0 Å². The molecule has 15 heavy (non-hydrogen) atoms. The monoisotopic (exact) mass is 204 g/mol. The van der Waals surface area contributed by atoms with Crippen LogP contribution >= 0.6 is 0 Å². The smallest absolute Gasteiger partial charge is 0.115 e. The Labute approximate surface area is 87.4 Å². The molecule has 0 aliphatic rings. The van der Waals surface area contributed by atoms with E-state index in [1.807, 2.05) is 19.3 Å². The van der Waals surface area contributed by atoms with E-state index >= 15 is 0 Å². The van der Waals surface area contributed by atoms with Crippen LogP contribution in [0.1, 0.15) is 17.4 Å². The lowest BCUT2D eigenvalue weighted by Crippen LogP contribution is -2.03. The maximum absolute atomic E-state index is 9.85. The van der Waals surface area contributed by atoms with E-state index in [-0.39, 0.29) is 0 Å². The molecule has 2 rings (SSSR count). The lowest BCUT2D eigenvalue weighted by Gasteiger charge is -2.07. The molecular formula is C10H12N4O. The van der Waals surface area contributed by atoms with E-state index in [4.69, 9.17) is 0 Å². The van der Waals surface area contributed by atoms with Gasteiger partial charge in [-0.3, -0.25) is 4.68 Å². The van der Waals surface area contributed by atoms with Crippen molar-refractivity contribution in [1.29, 1.82) is 0 Å². The Bertz CT molecular complexity index is 426. The average Bonchev–Trinajstić information content (AvgIpc) is 2.65. The van der Waals surface area contributed by atoms with Gasteiger partial charge in [0.1, 0.15) is 6.33 Å². The molecule has 0 saturated heterocycles. The van der Waals surface area contributed by atoms with Crippen LogP contribution in [0.2, 0.25) is 0 Å². The first-order valence-electron chi connectivity index (χ1n) is 4.67. The number of aliphatic hydroxyl groups excluding tert-OH is 1. The van der Waals surface area contributed by atoms with Gasteiger partial charge < -0.3 is 5.11 Å². The van der Waals surface area contributed by atoms with E-state index in [9.17, 15) is 5.11 Å². The summed E-state index contributed by atoms with van der Waals surface area (Å²) in [6.07, 6.45) is 6.40. The first kappa shape index (κ1) is 9.79. The Hall–Kier alpha value is -1.75.